The summed E-state index contributed by atoms with van der Waals surface area (Å²) >= 11 is 0. The number of anilines is 1. The maximum absolute atomic E-state index is 11.8. The molecular weight excluding hydrogens is 262 g/mol. The number of benzene rings is 1. The van der Waals surface area contributed by atoms with Crippen molar-refractivity contribution in [3.63, 3.8) is 0 Å². The second-order valence-electron chi connectivity index (χ2n) is 4.09. The first-order chi connectivity index (χ1) is 9.67. The van der Waals surface area contributed by atoms with Crippen LogP contribution < -0.4 is 10.5 Å². The van der Waals surface area contributed by atoms with E-state index < -0.39 is 5.97 Å². The summed E-state index contributed by atoms with van der Waals surface area (Å²) in [6.07, 6.45) is 0.634. The molecule has 2 N–H and O–H groups in total. The van der Waals surface area contributed by atoms with Crippen LogP contribution in [0.2, 0.25) is 0 Å². The minimum atomic E-state index is -0.424. The lowest BCUT2D eigenvalue weighted by molar-refractivity contribution is 0.0385. The Morgan fingerprint density at radius 2 is 1.90 bits per heavy atom. The van der Waals surface area contributed by atoms with Crippen LogP contribution in [-0.4, -0.2) is 46.6 Å². The number of carbonyl (C=O) groups is 1. The third-order valence-corrected chi connectivity index (χ3v) is 2.50. The fraction of sp³-hybridized carbons (Fsp3) is 0.500. The molecule has 0 bridgehead atoms. The van der Waals surface area contributed by atoms with Crippen LogP contribution in [0.25, 0.3) is 0 Å². The van der Waals surface area contributed by atoms with Gasteiger partial charge in [-0.1, -0.05) is 0 Å². The van der Waals surface area contributed by atoms with Crippen LogP contribution in [0, 0.1) is 0 Å². The van der Waals surface area contributed by atoms with Gasteiger partial charge in [-0.05, 0) is 12.1 Å². The van der Waals surface area contributed by atoms with E-state index in [0.29, 0.717) is 49.8 Å². The van der Waals surface area contributed by atoms with Crippen LogP contribution in [0.1, 0.15) is 16.8 Å². The number of esters is 1. The Hall–Kier alpha value is -1.79. The molecule has 1 aromatic rings. The molecule has 6 nitrogen and oxygen atoms in total. The summed E-state index contributed by atoms with van der Waals surface area (Å²) in [6, 6.07) is 4.79. The molecule has 0 fully saturated rings. The predicted octanol–water partition coefficient (Wildman–Crippen LogP) is 1.49. The molecule has 20 heavy (non-hydrogen) atoms. The number of hydrogen-bond acceptors (Lipinski definition) is 6. The topological polar surface area (TPSA) is 80.0 Å². The number of carbonyl (C=O) groups excluding carboxylic acids is 1. The summed E-state index contributed by atoms with van der Waals surface area (Å²) in [6.45, 7) is 1.92. The van der Waals surface area contributed by atoms with Gasteiger partial charge in [0, 0.05) is 31.9 Å². The Bertz CT molecular complexity index is 422. The summed E-state index contributed by atoms with van der Waals surface area (Å²) < 4.78 is 20.3. The van der Waals surface area contributed by atoms with Gasteiger partial charge in [-0.15, -0.1) is 0 Å². The number of nitrogens with two attached hydrogens (primary N) is 1. The third-order valence-electron chi connectivity index (χ3n) is 2.50. The van der Waals surface area contributed by atoms with E-state index in [1.54, 1.807) is 25.3 Å². The highest BCUT2D eigenvalue weighted by Gasteiger charge is 2.09. The van der Waals surface area contributed by atoms with Crippen molar-refractivity contribution in [2.45, 2.75) is 6.42 Å². The van der Waals surface area contributed by atoms with Crippen LogP contribution in [-0.2, 0) is 14.2 Å². The first kappa shape index (κ1) is 16.3. The minimum absolute atomic E-state index is 0.295. The number of methoxy groups -OCH3 is 2. The van der Waals surface area contributed by atoms with Crippen molar-refractivity contribution in [3.8, 4) is 5.75 Å². The zero-order valence-electron chi connectivity index (χ0n) is 11.9. The van der Waals surface area contributed by atoms with E-state index in [4.69, 9.17) is 24.7 Å². The van der Waals surface area contributed by atoms with Crippen molar-refractivity contribution in [1.82, 2.24) is 0 Å². The molecule has 0 spiro atoms. The third kappa shape index (κ3) is 5.90. The average molecular weight is 283 g/mol. The van der Waals surface area contributed by atoms with Crippen LogP contribution >= 0.6 is 0 Å². The highest BCUT2D eigenvalue weighted by atomic mass is 16.5. The molecule has 0 aromatic heterocycles. The summed E-state index contributed by atoms with van der Waals surface area (Å²) in [5.74, 6) is 0.104. The number of nitrogen functional groups attached to an aromatic ring is 1. The molecule has 0 aliphatic carbocycles. The summed E-state index contributed by atoms with van der Waals surface area (Å²) in [7, 11) is 3.13. The molecule has 0 radical (unpaired) electrons. The van der Waals surface area contributed by atoms with Gasteiger partial charge in [0.1, 0.15) is 5.75 Å². The first-order valence-electron chi connectivity index (χ1n) is 6.35. The van der Waals surface area contributed by atoms with Crippen LogP contribution in [0.5, 0.6) is 5.75 Å². The lowest BCUT2D eigenvalue weighted by atomic mass is 10.2. The van der Waals surface area contributed by atoms with E-state index in [1.165, 1.54) is 7.11 Å². The summed E-state index contributed by atoms with van der Waals surface area (Å²) in [5, 5.41) is 0. The predicted molar refractivity (Wildman–Crippen MR) is 75.0 cm³/mol. The van der Waals surface area contributed by atoms with Crippen LogP contribution in [0.4, 0.5) is 5.69 Å². The van der Waals surface area contributed by atoms with Gasteiger partial charge in [0.15, 0.2) is 0 Å². The van der Waals surface area contributed by atoms with Gasteiger partial charge in [0.05, 0.1) is 32.5 Å². The zero-order chi connectivity index (χ0) is 14.8. The van der Waals surface area contributed by atoms with Crippen molar-refractivity contribution in [1.29, 1.82) is 0 Å². The average Bonchev–Trinajstić information content (AvgIpc) is 2.45. The lowest BCUT2D eigenvalue weighted by Gasteiger charge is -2.08. The van der Waals surface area contributed by atoms with Crippen LogP contribution in [0.15, 0.2) is 18.2 Å². The highest BCUT2D eigenvalue weighted by Crippen LogP contribution is 2.19. The number of rotatable bonds is 9. The fourth-order valence-corrected chi connectivity index (χ4v) is 1.51. The Balaban J connectivity index is 2.30. The van der Waals surface area contributed by atoms with Crippen molar-refractivity contribution < 1.29 is 23.7 Å². The molecule has 1 rings (SSSR count). The molecule has 0 atom stereocenters. The van der Waals surface area contributed by atoms with Crippen molar-refractivity contribution >= 4 is 11.7 Å². The first-order valence-corrected chi connectivity index (χ1v) is 6.35. The maximum atomic E-state index is 11.8. The van der Waals surface area contributed by atoms with Crippen LogP contribution in [0.3, 0.4) is 0 Å². The number of hydrogen-bond donors (Lipinski definition) is 1. The van der Waals surface area contributed by atoms with E-state index in [9.17, 15) is 4.79 Å². The van der Waals surface area contributed by atoms with E-state index in [-0.39, 0.29) is 0 Å². The molecule has 0 aliphatic heterocycles. The standard InChI is InChI=1S/C14H21NO5/c1-17-6-7-19-4-3-5-20-14(16)11-8-12(15)10-13(9-11)18-2/h8-10H,3-7,15H2,1-2H3. The van der Waals surface area contributed by atoms with Crippen molar-refractivity contribution in [3.05, 3.63) is 23.8 Å². The molecule has 0 saturated carbocycles. The highest BCUT2D eigenvalue weighted by molar-refractivity contribution is 5.91. The Morgan fingerprint density at radius 1 is 1.10 bits per heavy atom. The monoisotopic (exact) mass is 283 g/mol. The van der Waals surface area contributed by atoms with Gasteiger partial charge in [0.25, 0.3) is 0 Å². The second-order valence-corrected chi connectivity index (χ2v) is 4.09. The molecule has 0 saturated heterocycles. The second kappa shape index (κ2) is 9.17. The normalized spacial score (nSPS) is 10.3. The van der Waals surface area contributed by atoms with Gasteiger partial charge in [-0.3, -0.25) is 0 Å². The smallest absolute Gasteiger partial charge is 0.338 e. The Labute approximate surface area is 118 Å². The fourth-order valence-electron chi connectivity index (χ4n) is 1.51. The molecule has 1 aromatic carbocycles. The van der Waals surface area contributed by atoms with Gasteiger partial charge < -0.3 is 24.7 Å². The summed E-state index contributed by atoms with van der Waals surface area (Å²) in [4.78, 5) is 11.8. The van der Waals surface area contributed by atoms with Gasteiger partial charge >= 0.3 is 5.97 Å². The maximum Gasteiger partial charge on any atom is 0.338 e. The van der Waals surface area contributed by atoms with E-state index in [0.717, 1.165) is 0 Å². The van der Waals surface area contributed by atoms with E-state index in [1.807, 2.05) is 0 Å². The molecule has 0 aliphatic rings. The lowest BCUT2D eigenvalue weighted by Crippen LogP contribution is -2.10. The molecule has 112 valence electrons. The van der Waals surface area contributed by atoms with Crippen molar-refractivity contribution in [2.75, 3.05) is 46.4 Å². The van der Waals surface area contributed by atoms with Gasteiger partial charge in [-0.25, -0.2) is 4.79 Å². The Morgan fingerprint density at radius 3 is 2.60 bits per heavy atom. The van der Waals surface area contributed by atoms with Crippen molar-refractivity contribution in [2.24, 2.45) is 0 Å². The molecule has 0 heterocycles. The van der Waals surface area contributed by atoms with Gasteiger partial charge in [-0.2, -0.15) is 0 Å². The number of ether oxygens (including phenoxy) is 4. The molecule has 6 heteroatoms. The largest absolute Gasteiger partial charge is 0.497 e. The molecule has 0 amide bonds. The zero-order valence-corrected chi connectivity index (χ0v) is 11.9. The van der Waals surface area contributed by atoms with E-state index in [2.05, 4.69) is 0 Å². The van der Waals surface area contributed by atoms with Gasteiger partial charge in [0.2, 0.25) is 0 Å². The Kier molecular flexibility index (Phi) is 7.46. The quantitative estimate of drug-likeness (QED) is 0.420. The van der Waals surface area contributed by atoms with E-state index >= 15 is 0 Å². The minimum Gasteiger partial charge on any atom is -0.497 e. The SMILES string of the molecule is COCCOCCCOC(=O)c1cc(N)cc(OC)c1. The molecule has 0 unspecified atom stereocenters. The molecular formula is C14H21NO5. The summed E-state index contributed by atoms with van der Waals surface area (Å²) in [5.41, 5.74) is 6.51.